The molecule has 3 aliphatic heterocycles. The Balaban J connectivity index is 1.36. The van der Waals surface area contributed by atoms with Gasteiger partial charge in [-0.3, -0.25) is 9.59 Å². The fraction of sp³-hybridized carbons (Fsp3) is 0.932. The van der Waals surface area contributed by atoms with Crippen LogP contribution in [0, 0.1) is 0 Å². The van der Waals surface area contributed by atoms with Gasteiger partial charge >= 0.3 is 0 Å². The molecule has 15 atom stereocenters. The number of nitrogens with one attached hydrogen (secondary N) is 1. The van der Waals surface area contributed by atoms with Gasteiger partial charge in [-0.1, -0.05) is 205 Å². The lowest BCUT2D eigenvalue weighted by atomic mass is 9.96. The minimum absolute atomic E-state index is 0.102. The molecule has 2 amide bonds. The van der Waals surface area contributed by atoms with Gasteiger partial charge in [0.2, 0.25) is 11.8 Å². The normalized spacial score (nSPS) is 29.2. The van der Waals surface area contributed by atoms with E-state index >= 15 is 0 Å². The van der Waals surface area contributed by atoms with Crippen LogP contribution in [-0.2, 0) is 39.8 Å². The number of carbonyl (C=O) groups excluding carboxylic acids is 2. The maximum atomic E-state index is 14.0. The molecule has 0 saturated carbocycles. The number of aromatic nitrogens is 3. The molecule has 3 aliphatic rings. The van der Waals surface area contributed by atoms with Crippen molar-refractivity contribution in [2.24, 2.45) is 0 Å². The molecule has 20 heteroatoms. The van der Waals surface area contributed by atoms with Crippen molar-refractivity contribution in [1.82, 2.24) is 25.2 Å². The molecule has 0 aliphatic carbocycles. The molecule has 460 valence electrons. The summed E-state index contributed by atoms with van der Waals surface area (Å²) in [5.74, 6) is -0.511. The summed E-state index contributed by atoms with van der Waals surface area (Å²) in [5, 5.41) is 97.8. The summed E-state index contributed by atoms with van der Waals surface area (Å²) in [6, 6.07) is 0. The van der Waals surface area contributed by atoms with Gasteiger partial charge in [0.1, 0.15) is 66.7 Å². The zero-order valence-corrected chi connectivity index (χ0v) is 48.9. The molecule has 20 nitrogen and oxygen atoms in total. The quantitative estimate of drug-likeness (QED) is 0.0300. The summed E-state index contributed by atoms with van der Waals surface area (Å²) < 4.78 is 30.9. The highest BCUT2D eigenvalue weighted by Gasteiger charge is 2.54. The number of aliphatic hydroxyl groups is 8. The topological polar surface area (TPSA) is 288 Å². The summed E-state index contributed by atoms with van der Waals surface area (Å²) in [7, 11) is 0. The number of rotatable bonds is 43. The highest BCUT2D eigenvalue weighted by Crippen LogP contribution is 2.37. The fourth-order valence-electron chi connectivity index (χ4n) is 11.0. The first-order valence-electron chi connectivity index (χ1n) is 31.3. The third-order valence-electron chi connectivity index (χ3n) is 16.2. The van der Waals surface area contributed by atoms with Gasteiger partial charge < -0.3 is 74.8 Å². The predicted octanol–water partition coefficient (Wildman–Crippen LogP) is 6.92. The van der Waals surface area contributed by atoms with Crippen molar-refractivity contribution in [2.75, 3.05) is 19.7 Å². The van der Waals surface area contributed by atoms with Crippen LogP contribution in [-0.4, -0.2) is 178 Å². The van der Waals surface area contributed by atoms with Crippen molar-refractivity contribution in [3.05, 3.63) is 11.9 Å². The smallest absolute Gasteiger partial charge is 0.239 e. The Morgan fingerprint density at radius 2 is 0.949 bits per heavy atom. The van der Waals surface area contributed by atoms with E-state index in [4.69, 9.17) is 23.7 Å². The second-order valence-electron chi connectivity index (χ2n) is 23.1. The van der Waals surface area contributed by atoms with Gasteiger partial charge in [-0.25, -0.2) is 4.68 Å². The summed E-state index contributed by atoms with van der Waals surface area (Å²) in [4.78, 5) is 28.9. The van der Waals surface area contributed by atoms with Crippen LogP contribution in [0.3, 0.4) is 0 Å². The lowest BCUT2D eigenvalue weighted by Crippen LogP contribution is -2.65. The number of unbranched alkanes of at least 4 members (excludes halogenated alkanes) is 29. The number of ether oxygens (including phenoxy) is 5. The molecule has 0 aromatic carbocycles. The maximum absolute atomic E-state index is 14.0. The van der Waals surface area contributed by atoms with Gasteiger partial charge in [0, 0.05) is 13.0 Å². The van der Waals surface area contributed by atoms with E-state index < -0.39 is 98.7 Å². The first-order valence-corrected chi connectivity index (χ1v) is 31.3. The Kier molecular flexibility index (Phi) is 34.9. The predicted molar refractivity (Wildman–Crippen MR) is 299 cm³/mol. The van der Waals surface area contributed by atoms with Crippen LogP contribution >= 0.6 is 0 Å². The molecule has 4 rings (SSSR count). The zero-order chi connectivity index (χ0) is 57.4. The van der Waals surface area contributed by atoms with Crippen LogP contribution in [0.25, 0.3) is 0 Å². The monoisotopic (exact) mass is 1130 g/mol. The van der Waals surface area contributed by atoms with E-state index in [0.717, 1.165) is 38.5 Å². The highest BCUT2D eigenvalue weighted by molar-refractivity contribution is 5.84. The molecular weight excluding hydrogens is 1020 g/mol. The average molecular weight is 1130 g/mol. The summed E-state index contributed by atoms with van der Waals surface area (Å²) >= 11 is 0. The number of hydrogen-bond donors (Lipinski definition) is 9. The third kappa shape index (κ3) is 24.7. The Morgan fingerprint density at radius 3 is 1.38 bits per heavy atom. The molecular formula is C59H109N5O15. The lowest BCUT2D eigenvalue weighted by molar-refractivity contribution is -0.369. The summed E-state index contributed by atoms with van der Waals surface area (Å²) in [6.07, 6.45) is 16.8. The Hall–Kier alpha value is -2.44. The fourth-order valence-corrected chi connectivity index (χ4v) is 11.0. The van der Waals surface area contributed by atoms with Gasteiger partial charge in [0.25, 0.3) is 0 Å². The molecule has 1 aromatic heterocycles. The van der Waals surface area contributed by atoms with Crippen LogP contribution in [0.2, 0.25) is 0 Å². The van der Waals surface area contributed by atoms with E-state index in [1.165, 1.54) is 184 Å². The largest absolute Gasteiger partial charge is 0.394 e. The average Bonchev–Trinajstić information content (AvgIpc) is 4.00. The Bertz CT molecular complexity index is 1740. The first-order chi connectivity index (χ1) is 38.2. The third-order valence-corrected chi connectivity index (χ3v) is 16.2. The molecule has 79 heavy (non-hydrogen) atoms. The number of hydrogen-bond acceptors (Lipinski definition) is 17. The van der Waals surface area contributed by atoms with Crippen molar-refractivity contribution < 1.29 is 74.1 Å². The van der Waals surface area contributed by atoms with Crippen LogP contribution in [0.5, 0.6) is 0 Å². The Labute approximate surface area is 473 Å². The number of nitrogens with zero attached hydrogens (tertiary/aromatic N) is 4. The standard InChI is InChI=1S/C59H109N5O15/c1-5-7-9-11-13-15-17-19-21-23-25-27-29-31-33-35-37-60-46(66)40-63(47(67)36-34-32-30-28-26-24-22-20-18-16-14-12-10-8-6-2)38-44-39-64(62-61-44)57-56(79-59-53(73)51(71)49(69)43(4)76-59)54(74)55(45(41-65)77-57)78-58-52(72)50(70)48(68)42(3)75-58/h39,42-43,45,48-59,65,68-74H,5-38,40-41H2,1-4H3,(H,60,66)/t42-,43-,45+,48-,49-,50+,51+,52+,53+,54-,55+,56+,57+,58-,59-/m0/s1. The summed E-state index contributed by atoms with van der Waals surface area (Å²) in [5.41, 5.74) is 0.257. The van der Waals surface area contributed by atoms with Crippen molar-refractivity contribution in [2.45, 2.75) is 332 Å². The van der Waals surface area contributed by atoms with Crippen molar-refractivity contribution >= 4 is 11.8 Å². The van der Waals surface area contributed by atoms with E-state index in [1.54, 1.807) is 0 Å². The Morgan fingerprint density at radius 1 is 0.544 bits per heavy atom. The van der Waals surface area contributed by atoms with Crippen molar-refractivity contribution in [3.63, 3.8) is 0 Å². The number of aliphatic hydroxyl groups excluding tert-OH is 8. The van der Waals surface area contributed by atoms with E-state index in [-0.39, 0.29) is 37.0 Å². The van der Waals surface area contributed by atoms with Crippen LogP contribution in [0.1, 0.15) is 245 Å². The van der Waals surface area contributed by atoms with Crippen LogP contribution in [0.15, 0.2) is 6.20 Å². The van der Waals surface area contributed by atoms with E-state index in [2.05, 4.69) is 29.5 Å². The highest BCUT2D eigenvalue weighted by atomic mass is 16.7. The maximum Gasteiger partial charge on any atom is 0.239 e. The molecule has 0 radical (unpaired) electrons. The second-order valence-corrected chi connectivity index (χ2v) is 23.1. The summed E-state index contributed by atoms with van der Waals surface area (Å²) in [6.45, 7) is 6.84. The van der Waals surface area contributed by atoms with E-state index in [0.29, 0.717) is 13.0 Å². The lowest BCUT2D eigenvalue weighted by Gasteiger charge is -2.48. The number of carbonyl (C=O) groups is 2. The minimum atomic E-state index is -1.81. The molecule has 0 spiro atoms. The molecule has 0 bridgehead atoms. The molecule has 3 fully saturated rings. The molecule has 9 N–H and O–H groups in total. The van der Waals surface area contributed by atoms with Gasteiger partial charge in [0.05, 0.1) is 38.1 Å². The zero-order valence-electron chi connectivity index (χ0n) is 48.9. The molecule has 3 saturated heterocycles. The van der Waals surface area contributed by atoms with Crippen LogP contribution in [0.4, 0.5) is 0 Å². The molecule has 0 unspecified atom stereocenters. The molecule has 4 heterocycles. The van der Waals surface area contributed by atoms with Gasteiger partial charge in [-0.2, -0.15) is 0 Å². The minimum Gasteiger partial charge on any atom is -0.394 e. The van der Waals surface area contributed by atoms with E-state index in [1.807, 2.05) is 0 Å². The van der Waals surface area contributed by atoms with Crippen LogP contribution < -0.4 is 5.32 Å². The van der Waals surface area contributed by atoms with Gasteiger partial charge in [-0.15, -0.1) is 5.10 Å². The number of amides is 2. The molecule has 1 aromatic rings. The van der Waals surface area contributed by atoms with Gasteiger partial charge in [0.15, 0.2) is 18.8 Å². The second kappa shape index (κ2) is 39.9. The first kappa shape index (κ1) is 69.1. The van der Waals surface area contributed by atoms with Crippen molar-refractivity contribution in [3.8, 4) is 0 Å². The van der Waals surface area contributed by atoms with E-state index in [9.17, 15) is 50.4 Å². The van der Waals surface area contributed by atoms with Gasteiger partial charge in [-0.05, 0) is 26.7 Å². The SMILES string of the molecule is CCCCCCCCCCCCCCCCCCNC(=O)CN(Cc1cn([C@@H]2O[C@H](CO)[C@@H](O[C@@H]3O[C@@H](C)[C@H](O)[C@@H](O)[C@H]3O)[C@H](O)[C@H]2O[C@@H]2O[C@@H](C)[C@H](O)[C@@H](O)[C@H]2O)nn1)C(=O)CCCCCCCCCCCCCCCCC. The van der Waals surface area contributed by atoms with Crippen molar-refractivity contribution in [1.29, 1.82) is 0 Å².